The molecule has 0 aliphatic carbocycles. The number of carbonyl (C=O) groups excluding carboxylic acids is 1. The summed E-state index contributed by atoms with van der Waals surface area (Å²) in [6, 6.07) is 0. The number of aliphatic hydroxyl groups is 2. The zero-order valence-corrected chi connectivity index (χ0v) is 16.0. The summed E-state index contributed by atoms with van der Waals surface area (Å²) in [7, 11) is 0.459. The van der Waals surface area contributed by atoms with Crippen LogP contribution in [0.15, 0.2) is 12.3 Å². The molecule has 0 saturated heterocycles. The van der Waals surface area contributed by atoms with Gasteiger partial charge >= 0.3 is 5.97 Å². The van der Waals surface area contributed by atoms with E-state index in [0.717, 1.165) is 6.42 Å². The molecule has 2 N–H and O–H groups in total. The Bertz CT molecular complexity index is 389. The third-order valence-electron chi connectivity index (χ3n) is 3.88. The van der Waals surface area contributed by atoms with Crippen molar-refractivity contribution in [1.82, 2.24) is 0 Å². The van der Waals surface area contributed by atoms with Gasteiger partial charge in [-0.3, -0.25) is 4.79 Å². The lowest BCUT2D eigenvalue weighted by Crippen LogP contribution is -2.38. The van der Waals surface area contributed by atoms with E-state index in [4.69, 9.17) is 4.74 Å². The predicted octanol–water partition coefficient (Wildman–Crippen LogP) is 4.03. The number of ether oxygens (including phenoxy) is 1. The molecule has 0 spiro atoms. The lowest BCUT2D eigenvalue weighted by Gasteiger charge is -2.33. The number of rotatable bonds is 9. The quantitative estimate of drug-likeness (QED) is 0.380. The molecular formula is C17H33O4P. The second-order valence-corrected chi connectivity index (χ2v) is 9.13. The van der Waals surface area contributed by atoms with Crippen molar-refractivity contribution >= 4 is 14.6 Å². The third kappa shape index (κ3) is 7.60. The van der Waals surface area contributed by atoms with Crippen molar-refractivity contribution in [2.45, 2.75) is 71.1 Å². The molecule has 0 aliphatic heterocycles. The Labute approximate surface area is 137 Å². The maximum absolute atomic E-state index is 12.4. The first kappa shape index (κ1) is 21.4. The van der Waals surface area contributed by atoms with Crippen molar-refractivity contribution in [3.05, 3.63) is 12.3 Å². The molecule has 0 aromatic rings. The lowest BCUT2D eigenvalue weighted by atomic mass is 9.85. The van der Waals surface area contributed by atoms with E-state index in [0.29, 0.717) is 21.4 Å². The molecule has 0 fully saturated rings. The minimum absolute atomic E-state index is 0.0512. The van der Waals surface area contributed by atoms with Gasteiger partial charge in [-0.05, 0) is 31.8 Å². The molecule has 0 heterocycles. The third-order valence-corrected chi connectivity index (χ3v) is 5.36. The second-order valence-electron chi connectivity index (χ2n) is 7.53. The molecule has 0 aliphatic rings. The fourth-order valence-electron chi connectivity index (χ4n) is 2.59. The van der Waals surface area contributed by atoms with Crippen LogP contribution in [0, 0.1) is 5.41 Å². The summed E-state index contributed by atoms with van der Waals surface area (Å²) >= 11 is 0. The van der Waals surface area contributed by atoms with E-state index in [1.54, 1.807) is 0 Å². The largest absolute Gasteiger partial charge is 0.513 e. The fourth-order valence-corrected chi connectivity index (χ4v) is 3.57. The monoisotopic (exact) mass is 332 g/mol. The molecule has 0 aromatic carbocycles. The van der Waals surface area contributed by atoms with Gasteiger partial charge in [0.2, 0.25) is 0 Å². The summed E-state index contributed by atoms with van der Waals surface area (Å²) in [5.41, 5.74) is -1.02. The number of hydrogen-bond donors (Lipinski definition) is 2. The Morgan fingerprint density at radius 1 is 1.27 bits per heavy atom. The minimum Gasteiger partial charge on any atom is -0.513 e. The summed E-state index contributed by atoms with van der Waals surface area (Å²) in [5.74, 6) is -0.257. The molecular weight excluding hydrogens is 299 g/mol. The van der Waals surface area contributed by atoms with Crippen LogP contribution in [0.4, 0.5) is 0 Å². The van der Waals surface area contributed by atoms with Crippen molar-refractivity contribution in [2.75, 3.05) is 13.3 Å². The van der Waals surface area contributed by atoms with Crippen molar-refractivity contribution < 1.29 is 19.7 Å². The number of esters is 1. The Kier molecular flexibility index (Phi) is 8.08. The minimum atomic E-state index is -1.07. The van der Waals surface area contributed by atoms with Crippen molar-refractivity contribution in [1.29, 1.82) is 0 Å². The van der Waals surface area contributed by atoms with E-state index in [9.17, 15) is 15.0 Å². The smallest absolute Gasteiger partial charge is 0.315 e. The van der Waals surface area contributed by atoms with Gasteiger partial charge in [-0.1, -0.05) is 34.3 Å². The highest BCUT2D eigenvalue weighted by Gasteiger charge is 2.37. The topological polar surface area (TPSA) is 66.8 Å². The molecule has 0 saturated carbocycles. The normalized spacial score (nSPS) is 18.0. The zero-order chi connectivity index (χ0) is 17.6. The van der Waals surface area contributed by atoms with Crippen molar-refractivity contribution in [2.24, 2.45) is 5.41 Å². The van der Waals surface area contributed by atoms with E-state index >= 15 is 0 Å². The second kappa shape index (κ2) is 8.31. The Hall–Kier alpha value is -0.600. The maximum Gasteiger partial charge on any atom is 0.315 e. The average molecular weight is 332 g/mol. The molecule has 0 rings (SSSR count). The van der Waals surface area contributed by atoms with Gasteiger partial charge < -0.3 is 14.9 Å². The van der Waals surface area contributed by atoms with Crippen LogP contribution in [0.25, 0.3) is 0 Å². The van der Waals surface area contributed by atoms with E-state index < -0.39 is 10.8 Å². The predicted molar refractivity (Wildman–Crippen MR) is 93.9 cm³/mol. The van der Waals surface area contributed by atoms with E-state index in [1.807, 2.05) is 20.5 Å². The SMILES string of the molecule is C=C(O)CC(O)(CC)CCOC(=O)C(C)(CC(C)(C)C)PC. The summed E-state index contributed by atoms with van der Waals surface area (Å²) < 4.78 is 5.42. The summed E-state index contributed by atoms with van der Waals surface area (Å²) in [5, 5.41) is 19.1. The molecule has 5 heteroatoms. The standard InChI is InChI=1S/C17H33O4P/c1-8-17(20,11-13(2)18)9-10-21-14(19)16(6,22-7)12-15(3,4)5/h18,20,22H,2,8-12H2,1,3-7H3. The Morgan fingerprint density at radius 2 is 1.82 bits per heavy atom. The molecule has 3 unspecified atom stereocenters. The summed E-state index contributed by atoms with van der Waals surface area (Å²) in [4.78, 5) is 12.4. The van der Waals surface area contributed by atoms with Crippen LogP contribution >= 0.6 is 8.58 Å². The van der Waals surface area contributed by atoms with Crippen LogP contribution in [-0.4, -0.2) is 40.2 Å². The highest BCUT2D eigenvalue weighted by Crippen LogP contribution is 2.40. The van der Waals surface area contributed by atoms with Gasteiger partial charge in [-0.15, -0.1) is 8.58 Å². The first-order chi connectivity index (χ1) is 9.87. The van der Waals surface area contributed by atoms with Gasteiger partial charge in [0.25, 0.3) is 0 Å². The molecule has 130 valence electrons. The van der Waals surface area contributed by atoms with Crippen molar-refractivity contribution in [3.8, 4) is 0 Å². The van der Waals surface area contributed by atoms with E-state index in [2.05, 4.69) is 27.4 Å². The number of aliphatic hydroxyl groups excluding tert-OH is 1. The van der Waals surface area contributed by atoms with Crippen LogP contribution in [-0.2, 0) is 9.53 Å². The lowest BCUT2D eigenvalue weighted by molar-refractivity contribution is -0.148. The fraction of sp³-hybridized carbons (Fsp3) is 0.824. The molecule has 4 nitrogen and oxygen atoms in total. The molecule has 0 aromatic heterocycles. The van der Waals surface area contributed by atoms with Gasteiger partial charge in [0, 0.05) is 12.8 Å². The van der Waals surface area contributed by atoms with Gasteiger partial charge in [0.05, 0.1) is 23.1 Å². The van der Waals surface area contributed by atoms with Crippen LogP contribution in [0.1, 0.15) is 60.3 Å². The highest BCUT2D eigenvalue weighted by molar-refractivity contribution is 7.40. The Morgan fingerprint density at radius 3 is 2.18 bits per heavy atom. The van der Waals surface area contributed by atoms with E-state index in [1.165, 1.54) is 0 Å². The molecule has 0 bridgehead atoms. The van der Waals surface area contributed by atoms with Gasteiger partial charge in [0.15, 0.2) is 0 Å². The van der Waals surface area contributed by atoms with Gasteiger partial charge in [0.1, 0.15) is 0 Å². The van der Waals surface area contributed by atoms with Crippen molar-refractivity contribution in [3.63, 3.8) is 0 Å². The maximum atomic E-state index is 12.4. The Balaban J connectivity index is 4.62. The average Bonchev–Trinajstić information content (AvgIpc) is 2.35. The molecule has 0 amide bonds. The number of carbonyl (C=O) groups is 1. The molecule has 3 atom stereocenters. The van der Waals surface area contributed by atoms with Crippen LogP contribution < -0.4 is 0 Å². The summed E-state index contributed by atoms with van der Waals surface area (Å²) in [6.45, 7) is 15.7. The zero-order valence-electron chi connectivity index (χ0n) is 15.0. The molecule has 0 radical (unpaired) electrons. The molecule has 22 heavy (non-hydrogen) atoms. The van der Waals surface area contributed by atoms with Crippen LogP contribution in [0.2, 0.25) is 0 Å². The number of hydrogen-bond acceptors (Lipinski definition) is 4. The van der Waals surface area contributed by atoms with Gasteiger partial charge in [-0.2, -0.15) is 0 Å². The first-order valence-corrected chi connectivity index (χ1v) is 9.33. The van der Waals surface area contributed by atoms with Crippen LogP contribution in [0.5, 0.6) is 0 Å². The highest BCUT2D eigenvalue weighted by atomic mass is 31.1. The first-order valence-electron chi connectivity index (χ1n) is 7.83. The van der Waals surface area contributed by atoms with Crippen LogP contribution in [0.3, 0.4) is 0 Å². The summed E-state index contributed by atoms with van der Waals surface area (Å²) in [6.07, 6.45) is 1.64. The van der Waals surface area contributed by atoms with E-state index in [-0.39, 0.29) is 30.2 Å². The van der Waals surface area contributed by atoms with Gasteiger partial charge in [-0.25, -0.2) is 0 Å².